The molecule has 0 amide bonds. The van der Waals surface area contributed by atoms with Crippen molar-refractivity contribution < 1.29 is 9.13 Å². The van der Waals surface area contributed by atoms with E-state index in [4.69, 9.17) is 4.74 Å². The molecule has 0 N–H and O–H groups in total. The van der Waals surface area contributed by atoms with E-state index in [1.54, 1.807) is 23.9 Å². The van der Waals surface area contributed by atoms with Gasteiger partial charge in [-0.2, -0.15) is 0 Å². The Morgan fingerprint density at radius 3 is 2.67 bits per heavy atom. The van der Waals surface area contributed by atoms with E-state index >= 15 is 0 Å². The molecule has 0 spiro atoms. The van der Waals surface area contributed by atoms with Crippen LogP contribution in [0.25, 0.3) is 0 Å². The van der Waals surface area contributed by atoms with Gasteiger partial charge in [-0.15, -0.1) is 11.8 Å². The second-order valence-electron chi connectivity index (χ2n) is 2.13. The van der Waals surface area contributed by atoms with Crippen LogP contribution >= 0.6 is 27.7 Å². The van der Waals surface area contributed by atoms with E-state index in [1.807, 2.05) is 6.26 Å². The highest BCUT2D eigenvalue weighted by Crippen LogP contribution is 2.30. The summed E-state index contributed by atoms with van der Waals surface area (Å²) in [5.74, 6) is -0.0796. The Hall–Kier alpha value is -0.220. The first-order valence-electron chi connectivity index (χ1n) is 3.26. The van der Waals surface area contributed by atoms with Gasteiger partial charge in [0.1, 0.15) is 0 Å². The van der Waals surface area contributed by atoms with Crippen LogP contribution in [0.4, 0.5) is 4.39 Å². The molecule has 0 heterocycles. The zero-order valence-corrected chi connectivity index (χ0v) is 9.13. The van der Waals surface area contributed by atoms with Crippen LogP contribution in [-0.2, 0) is 0 Å². The maximum atomic E-state index is 13.1. The first-order chi connectivity index (χ1) is 5.69. The summed E-state index contributed by atoms with van der Waals surface area (Å²) in [4.78, 5) is 0.972. The monoisotopic (exact) mass is 250 g/mol. The molecule has 0 atom stereocenters. The summed E-state index contributed by atoms with van der Waals surface area (Å²) in [5.41, 5.74) is 0. The van der Waals surface area contributed by atoms with Gasteiger partial charge < -0.3 is 4.74 Å². The topological polar surface area (TPSA) is 9.23 Å². The fourth-order valence-electron chi connectivity index (χ4n) is 0.807. The molecule has 66 valence electrons. The second kappa shape index (κ2) is 4.14. The summed E-state index contributed by atoms with van der Waals surface area (Å²) in [6.45, 7) is 0. The molecule has 0 saturated carbocycles. The Bertz CT molecular complexity index is 291. The Kier molecular flexibility index (Phi) is 3.40. The van der Waals surface area contributed by atoms with Gasteiger partial charge in [0.2, 0.25) is 0 Å². The molecule has 0 aliphatic heterocycles. The molecule has 0 aliphatic rings. The van der Waals surface area contributed by atoms with Crippen LogP contribution < -0.4 is 4.74 Å². The number of thioether (sulfide) groups is 1. The third kappa shape index (κ3) is 1.93. The predicted molar refractivity (Wildman–Crippen MR) is 52.4 cm³/mol. The maximum absolute atomic E-state index is 13.1. The molecule has 0 fully saturated rings. The van der Waals surface area contributed by atoms with Crippen molar-refractivity contribution >= 4 is 27.7 Å². The number of methoxy groups -OCH3 is 1. The third-order valence-electron chi connectivity index (χ3n) is 1.42. The Balaban J connectivity index is 3.19. The molecule has 0 aromatic heterocycles. The van der Waals surface area contributed by atoms with Gasteiger partial charge in [-0.3, -0.25) is 0 Å². The standard InChI is InChI=1S/C8H8BrFOS/c1-11-7-4-5(12-2)3-6(9)8(7)10/h3-4H,1-2H3. The average molecular weight is 251 g/mol. The fourth-order valence-corrected chi connectivity index (χ4v) is 1.86. The first-order valence-corrected chi connectivity index (χ1v) is 5.28. The Morgan fingerprint density at radius 2 is 2.17 bits per heavy atom. The quantitative estimate of drug-likeness (QED) is 0.745. The number of benzene rings is 1. The van der Waals surface area contributed by atoms with Gasteiger partial charge in [-0.1, -0.05) is 0 Å². The van der Waals surface area contributed by atoms with Gasteiger partial charge in [-0.25, -0.2) is 4.39 Å². The minimum atomic E-state index is -0.352. The fraction of sp³-hybridized carbons (Fsp3) is 0.250. The molecule has 4 heteroatoms. The van der Waals surface area contributed by atoms with E-state index in [1.165, 1.54) is 7.11 Å². The summed E-state index contributed by atoms with van der Waals surface area (Å²) in [7, 11) is 1.45. The van der Waals surface area contributed by atoms with Crippen LogP contribution in [0, 0.1) is 5.82 Å². The van der Waals surface area contributed by atoms with E-state index in [-0.39, 0.29) is 11.6 Å². The van der Waals surface area contributed by atoms with E-state index in [2.05, 4.69) is 15.9 Å². The van der Waals surface area contributed by atoms with Crippen molar-refractivity contribution in [2.24, 2.45) is 0 Å². The maximum Gasteiger partial charge on any atom is 0.179 e. The molecule has 0 unspecified atom stereocenters. The molecular weight excluding hydrogens is 243 g/mol. The lowest BCUT2D eigenvalue weighted by atomic mass is 10.3. The van der Waals surface area contributed by atoms with Gasteiger partial charge in [0.15, 0.2) is 11.6 Å². The third-order valence-corrected chi connectivity index (χ3v) is 2.71. The van der Waals surface area contributed by atoms with Crippen LogP contribution in [0.3, 0.4) is 0 Å². The van der Waals surface area contributed by atoms with Gasteiger partial charge in [0, 0.05) is 4.90 Å². The lowest BCUT2D eigenvalue weighted by Crippen LogP contribution is -1.89. The molecule has 1 aromatic rings. The molecule has 12 heavy (non-hydrogen) atoms. The van der Waals surface area contributed by atoms with Gasteiger partial charge >= 0.3 is 0 Å². The van der Waals surface area contributed by atoms with Crippen molar-refractivity contribution in [2.75, 3.05) is 13.4 Å². The molecule has 0 saturated heterocycles. The highest BCUT2D eigenvalue weighted by atomic mass is 79.9. The molecular formula is C8H8BrFOS. The Labute approximate surface area is 83.4 Å². The van der Waals surface area contributed by atoms with Crippen molar-refractivity contribution in [3.63, 3.8) is 0 Å². The highest BCUT2D eigenvalue weighted by molar-refractivity contribution is 9.10. The van der Waals surface area contributed by atoms with E-state index in [0.29, 0.717) is 4.47 Å². The van der Waals surface area contributed by atoms with Gasteiger partial charge in [0.05, 0.1) is 11.6 Å². The summed E-state index contributed by atoms with van der Waals surface area (Å²) in [6.07, 6.45) is 1.93. The van der Waals surface area contributed by atoms with E-state index in [9.17, 15) is 4.39 Å². The SMILES string of the molecule is COc1cc(SC)cc(Br)c1F. The normalized spacial score (nSPS) is 10.0. The molecule has 1 rings (SSSR count). The predicted octanol–water partition coefficient (Wildman–Crippen LogP) is 3.32. The second-order valence-corrected chi connectivity index (χ2v) is 3.86. The van der Waals surface area contributed by atoms with Gasteiger partial charge in [-0.05, 0) is 34.3 Å². The van der Waals surface area contributed by atoms with Crippen molar-refractivity contribution in [3.05, 3.63) is 22.4 Å². The first kappa shape index (κ1) is 9.86. The lowest BCUT2D eigenvalue weighted by Gasteiger charge is -2.05. The number of rotatable bonds is 2. The highest BCUT2D eigenvalue weighted by Gasteiger charge is 2.08. The van der Waals surface area contributed by atoms with Crippen LogP contribution in [0.5, 0.6) is 5.75 Å². The molecule has 1 aromatic carbocycles. The zero-order chi connectivity index (χ0) is 9.14. The minimum absolute atomic E-state index is 0.272. The number of ether oxygens (including phenoxy) is 1. The van der Waals surface area contributed by atoms with Gasteiger partial charge in [0.25, 0.3) is 0 Å². The summed E-state index contributed by atoms with van der Waals surface area (Å²) in [6, 6.07) is 3.40. The van der Waals surface area contributed by atoms with Crippen LogP contribution in [0.15, 0.2) is 21.5 Å². The zero-order valence-electron chi connectivity index (χ0n) is 6.73. The Morgan fingerprint density at radius 1 is 1.50 bits per heavy atom. The van der Waals surface area contributed by atoms with Crippen LogP contribution in [0.1, 0.15) is 0 Å². The number of halogens is 2. The smallest absolute Gasteiger partial charge is 0.179 e. The summed E-state index contributed by atoms with van der Waals surface area (Å²) < 4.78 is 18.4. The minimum Gasteiger partial charge on any atom is -0.494 e. The van der Waals surface area contributed by atoms with Crippen molar-refractivity contribution in [1.29, 1.82) is 0 Å². The molecule has 0 aliphatic carbocycles. The van der Waals surface area contributed by atoms with Crippen molar-refractivity contribution in [2.45, 2.75) is 4.90 Å². The van der Waals surface area contributed by atoms with Crippen LogP contribution in [0.2, 0.25) is 0 Å². The lowest BCUT2D eigenvalue weighted by molar-refractivity contribution is 0.384. The summed E-state index contributed by atoms with van der Waals surface area (Å²) >= 11 is 4.65. The molecule has 1 nitrogen and oxygen atoms in total. The van der Waals surface area contributed by atoms with Crippen molar-refractivity contribution in [1.82, 2.24) is 0 Å². The number of hydrogen-bond donors (Lipinski definition) is 0. The van der Waals surface area contributed by atoms with E-state index in [0.717, 1.165) is 4.90 Å². The molecule has 0 radical (unpaired) electrons. The largest absolute Gasteiger partial charge is 0.494 e. The summed E-state index contributed by atoms with van der Waals surface area (Å²) in [5, 5.41) is 0. The van der Waals surface area contributed by atoms with Crippen LogP contribution in [-0.4, -0.2) is 13.4 Å². The average Bonchev–Trinajstić information content (AvgIpc) is 2.09. The van der Waals surface area contributed by atoms with Crippen molar-refractivity contribution in [3.8, 4) is 5.75 Å². The molecule has 0 bridgehead atoms. The number of hydrogen-bond acceptors (Lipinski definition) is 2. The van der Waals surface area contributed by atoms with E-state index < -0.39 is 0 Å².